The fraction of sp³-hybridized carbons (Fsp3) is 0.318. The molecule has 8 heteroatoms. The minimum absolute atomic E-state index is 0.0415. The van der Waals surface area contributed by atoms with E-state index < -0.39 is 23.2 Å². The van der Waals surface area contributed by atoms with Crippen LogP contribution in [0.15, 0.2) is 36.5 Å². The van der Waals surface area contributed by atoms with Crippen molar-refractivity contribution in [1.29, 1.82) is 0 Å². The maximum absolute atomic E-state index is 13.8. The van der Waals surface area contributed by atoms with Gasteiger partial charge in [-0.25, -0.2) is 13.8 Å². The van der Waals surface area contributed by atoms with Gasteiger partial charge in [-0.2, -0.15) is 5.10 Å². The molecule has 0 atom stereocenters. The Morgan fingerprint density at radius 2 is 2.00 bits per heavy atom. The van der Waals surface area contributed by atoms with E-state index in [4.69, 9.17) is 4.74 Å². The van der Waals surface area contributed by atoms with E-state index in [9.17, 15) is 13.6 Å². The largest absolute Gasteiger partial charge is 0.477 e. The number of nitrogens with zero attached hydrogens (tertiary/aromatic N) is 3. The van der Waals surface area contributed by atoms with Crippen LogP contribution in [-0.4, -0.2) is 27.3 Å². The lowest BCUT2D eigenvalue weighted by Gasteiger charge is -2.24. The second-order valence-corrected chi connectivity index (χ2v) is 7.53. The van der Waals surface area contributed by atoms with Crippen LogP contribution in [0.4, 0.5) is 14.5 Å². The fourth-order valence-corrected chi connectivity index (χ4v) is 3.37. The van der Waals surface area contributed by atoms with E-state index in [1.807, 2.05) is 13.0 Å². The standard InChI is InChI=1S/C22H22F2N4O2/c1-13-9-20(30-12-14-5-3-6-14)25-11-15(13)19-10-18(27-28(19)2)22(29)26-21-16(23)7-4-8-17(21)24/h4,7-11,14H,3,5-6,12H2,1-2H3,(H,26,29). The predicted molar refractivity (Wildman–Crippen MR) is 108 cm³/mol. The van der Waals surface area contributed by atoms with Gasteiger partial charge in [-0.15, -0.1) is 0 Å². The van der Waals surface area contributed by atoms with Crippen molar-refractivity contribution in [3.05, 3.63) is 59.4 Å². The number of nitrogens with one attached hydrogen (secondary N) is 1. The van der Waals surface area contributed by atoms with Crippen molar-refractivity contribution in [1.82, 2.24) is 14.8 Å². The van der Waals surface area contributed by atoms with Gasteiger partial charge >= 0.3 is 0 Å². The number of para-hydroxylation sites is 1. The molecule has 30 heavy (non-hydrogen) atoms. The van der Waals surface area contributed by atoms with Crippen molar-refractivity contribution in [2.75, 3.05) is 11.9 Å². The Morgan fingerprint density at radius 3 is 2.63 bits per heavy atom. The number of pyridine rings is 1. The first-order valence-corrected chi connectivity index (χ1v) is 9.81. The molecule has 0 bridgehead atoms. The quantitative estimate of drug-likeness (QED) is 0.647. The lowest BCUT2D eigenvalue weighted by Crippen LogP contribution is -2.19. The monoisotopic (exact) mass is 412 g/mol. The Kier molecular flexibility index (Phi) is 5.48. The number of ether oxygens (including phenoxy) is 1. The summed E-state index contributed by atoms with van der Waals surface area (Å²) < 4.78 is 34.9. The van der Waals surface area contributed by atoms with Crippen molar-refractivity contribution in [2.24, 2.45) is 13.0 Å². The van der Waals surface area contributed by atoms with Crippen molar-refractivity contribution in [3.8, 4) is 17.1 Å². The number of anilines is 1. The zero-order chi connectivity index (χ0) is 21.3. The molecule has 1 N–H and O–H groups in total. The topological polar surface area (TPSA) is 69.0 Å². The maximum Gasteiger partial charge on any atom is 0.276 e. The number of carbonyl (C=O) groups excluding carboxylic acids is 1. The summed E-state index contributed by atoms with van der Waals surface area (Å²) in [4.78, 5) is 16.9. The molecular formula is C22H22F2N4O2. The van der Waals surface area contributed by atoms with Crippen molar-refractivity contribution < 1.29 is 18.3 Å². The summed E-state index contributed by atoms with van der Waals surface area (Å²) in [7, 11) is 1.69. The van der Waals surface area contributed by atoms with Crippen LogP contribution >= 0.6 is 0 Å². The highest BCUT2D eigenvalue weighted by atomic mass is 19.1. The summed E-state index contributed by atoms with van der Waals surface area (Å²) in [6, 6.07) is 6.80. The van der Waals surface area contributed by atoms with E-state index in [1.54, 1.807) is 19.3 Å². The van der Waals surface area contributed by atoms with Crippen LogP contribution in [0.3, 0.4) is 0 Å². The normalized spacial score (nSPS) is 13.7. The molecule has 1 amide bonds. The van der Waals surface area contributed by atoms with Gasteiger partial charge in [0.05, 0.1) is 12.3 Å². The molecule has 6 nitrogen and oxygen atoms in total. The van der Waals surface area contributed by atoms with Crippen LogP contribution in [0.5, 0.6) is 5.88 Å². The Balaban J connectivity index is 1.52. The van der Waals surface area contributed by atoms with Gasteiger partial charge in [0.2, 0.25) is 5.88 Å². The van der Waals surface area contributed by atoms with Gasteiger partial charge in [-0.1, -0.05) is 12.5 Å². The number of amides is 1. The average Bonchev–Trinajstić information content (AvgIpc) is 3.05. The number of aryl methyl sites for hydroxylation is 2. The molecule has 0 saturated heterocycles. The highest BCUT2D eigenvalue weighted by molar-refractivity contribution is 6.03. The average molecular weight is 412 g/mol. The molecule has 0 aliphatic heterocycles. The Hall–Kier alpha value is -3.29. The molecule has 2 aromatic heterocycles. The summed E-state index contributed by atoms with van der Waals surface area (Å²) in [5, 5.41) is 6.43. The van der Waals surface area contributed by atoms with Gasteiger partial charge < -0.3 is 10.1 Å². The number of hydrogen-bond donors (Lipinski definition) is 1. The number of rotatable bonds is 6. The third-order valence-corrected chi connectivity index (χ3v) is 5.37. The molecule has 0 radical (unpaired) electrons. The predicted octanol–water partition coefficient (Wildman–Crippen LogP) is 4.50. The molecule has 1 saturated carbocycles. The first-order chi connectivity index (χ1) is 14.4. The van der Waals surface area contributed by atoms with Gasteiger partial charge in [0.1, 0.15) is 17.3 Å². The molecule has 1 aromatic carbocycles. The number of halogens is 2. The summed E-state index contributed by atoms with van der Waals surface area (Å²) >= 11 is 0. The molecule has 0 unspecified atom stereocenters. The number of benzene rings is 1. The van der Waals surface area contributed by atoms with Gasteiger partial charge in [-0.3, -0.25) is 9.48 Å². The van der Waals surface area contributed by atoms with Crippen LogP contribution in [0.1, 0.15) is 35.3 Å². The number of carbonyl (C=O) groups is 1. The number of aromatic nitrogens is 3. The molecule has 2 heterocycles. The van der Waals surface area contributed by atoms with Crippen molar-refractivity contribution in [3.63, 3.8) is 0 Å². The van der Waals surface area contributed by atoms with Crippen molar-refractivity contribution in [2.45, 2.75) is 26.2 Å². The molecule has 1 aliphatic carbocycles. The Labute approximate surface area is 172 Å². The van der Waals surface area contributed by atoms with E-state index >= 15 is 0 Å². The molecule has 4 rings (SSSR count). The first kappa shape index (κ1) is 20.0. The second-order valence-electron chi connectivity index (χ2n) is 7.53. The van der Waals surface area contributed by atoms with E-state index in [0.29, 0.717) is 24.1 Å². The van der Waals surface area contributed by atoms with Crippen LogP contribution in [-0.2, 0) is 7.05 Å². The van der Waals surface area contributed by atoms with Crippen LogP contribution < -0.4 is 10.1 Å². The third-order valence-electron chi connectivity index (χ3n) is 5.37. The fourth-order valence-electron chi connectivity index (χ4n) is 3.37. The van der Waals surface area contributed by atoms with Gasteiger partial charge in [0.25, 0.3) is 5.91 Å². The smallest absolute Gasteiger partial charge is 0.276 e. The van der Waals surface area contributed by atoms with Crippen LogP contribution in [0.2, 0.25) is 0 Å². The summed E-state index contributed by atoms with van der Waals surface area (Å²) in [6.45, 7) is 2.60. The highest BCUT2D eigenvalue weighted by Crippen LogP contribution is 2.29. The molecule has 1 fully saturated rings. The Morgan fingerprint density at radius 1 is 1.27 bits per heavy atom. The summed E-state index contributed by atoms with van der Waals surface area (Å²) in [5.74, 6) is -1.22. The summed E-state index contributed by atoms with van der Waals surface area (Å²) in [5.41, 5.74) is 1.91. The first-order valence-electron chi connectivity index (χ1n) is 9.81. The molecule has 3 aromatic rings. The van der Waals surface area contributed by atoms with E-state index in [2.05, 4.69) is 15.4 Å². The zero-order valence-electron chi connectivity index (χ0n) is 16.8. The molecule has 156 valence electrons. The lowest BCUT2D eigenvalue weighted by molar-refractivity contribution is 0.102. The molecule has 1 aliphatic rings. The van der Waals surface area contributed by atoms with Gasteiger partial charge in [0, 0.05) is 24.9 Å². The number of hydrogen-bond acceptors (Lipinski definition) is 4. The van der Waals surface area contributed by atoms with Crippen LogP contribution in [0.25, 0.3) is 11.3 Å². The van der Waals surface area contributed by atoms with Gasteiger partial charge in [0.15, 0.2) is 5.69 Å². The second kappa shape index (κ2) is 8.22. The summed E-state index contributed by atoms with van der Waals surface area (Å²) in [6.07, 6.45) is 5.35. The van der Waals surface area contributed by atoms with Crippen molar-refractivity contribution >= 4 is 11.6 Å². The van der Waals surface area contributed by atoms with E-state index in [-0.39, 0.29) is 5.69 Å². The highest BCUT2D eigenvalue weighted by Gasteiger charge is 2.20. The lowest BCUT2D eigenvalue weighted by atomic mass is 9.86. The SMILES string of the molecule is Cc1cc(OCC2CCC2)ncc1-c1cc(C(=O)Nc2c(F)cccc2F)nn1C. The van der Waals surface area contributed by atoms with E-state index in [0.717, 1.165) is 23.3 Å². The zero-order valence-corrected chi connectivity index (χ0v) is 16.8. The van der Waals surface area contributed by atoms with E-state index in [1.165, 1.54) is 30.0 Å². The van der Waals surface area contributed by atoms with Gasteiger partial charge in [-0.05, 0) is 49.4 Å². The minimum atomic E-state index is -0.850. The maximum atomic E-state index is 13.8. The molecule has 0 spiro atoms. The molecular weight excluding hydrogens is 390 g/mol. The van der Waals surface area contributed by atoms with Crippen LogP contribution in [0, 0.1) is 24.5 Å². The minimum Gasteiger partial charge on any atom is -0.477 e. The Bertz CT molecular complexity index is 1070. The third kappa shape index (κ3) is 4.03.